The molecule has 0 heterocycles. The maximum atomic E-state index is 13.7. The molecule has 0 bridgehead atoms. The molecular weight excluding hydrogens is 788 g/mol. The van der Waals surface area contributed by atoms with Crippen LogP contribution in [0.2, 0.25) is 0 Å². The molecule has 0 spiro atoms. The molecule has 0 rings (SSSR count). The van der Waals surface area contributed by atoms with Gasteiger partial charge in [-0.25, -0.2) is 4.79 Å². The molecule has 330 valence electrons. The molecule has 0 aliphatic heterocycles. The smallest absolute Gasteiger partial charge is 0.326 e. The van der Waals surface area contributed by atoms with E-state index in [0.717, 1.165) is 0 Å². The standard InChI is InChI=1S/C35H60N8O14S/c1-6-18(4)28(43-29(50)19(36)7-11-26(46)47)34(55)42-24(16-44)33(54)39-21(13-14-58-5)31(52)41-23(15-17(2)3)32(53)38-20(8-10-25(37)45)30(51)40-22(35(56)57)9-12-27(48)49/h17-24,28,44H,6-16,36H2,1-5H3,(H2,37,45)(H,38,53)(H,39,54)(H,40,51)(H,41,52)(H,42,55)(H,43,50)(H,46,47)(H,48,49)(H,56,57)/t18-,19-,20-,21-,22-,23-,24-,28-/m0/s1. The number of aliphatic carboxylic acids is 3. The van der Waals surface area contributed by atoms with Gasteiger partial charge in [0.15, 0.2) is 0 Å². The number of aliphatic hydroxyl groups is 1. The van der Waals surface area contributed by atoms with Crippen molar-refractivity contribution in [1.82, 2.24) is 31.9 Å². The van der Waals surface area contributed by atoms with Gasteiger partial charge in [-0.2, -0.15) is 11.8 Å². The average Bonchev–Trinajstić information content (AvgIpc) is 3.14. The van der Waals surface area contributed by atoms with Gasteiger partial charge in [0, 0.05) is 19.3 Å². The zero-order valence-corrected chi connectivity index (χ0v) is 34.2. The van der Waals surface area contributed by atoms with Crippen molar-refractivity contribution in [3.05, 3.63) is 0 Å². The third kappa shape index (κ3) is 20.9. The Morgan fingerprint density at radius 3 is 1.50 bits per heavy atom. The molecule has 7 amide bonds. The van der Waals surface area contributed by atoms with Crippen molar-refractivity contribution in [2.75, 3.05) is 18.6 Å². The minimum absolute atomic E-state index is 0.000697. The highest BCUT2D eigenvalue weighted by Gasteiger charge is 2.35. The Morgan fingerprint density at radius 1 is 0.586 bits per heavy atom. The number of aliphatic hydroxyl groups excluding tert-OH is 1. The second-order valence-electron chi connectivity index (χ2n) is 14.1. The van der Waals surface area contributed by atoms with Gasteiger partial charge in [-0.3, -0.25) is 43.2 Å². The zero-order chi connectivity index (χ0) is 44.7. The Balaban J connectivity index is 6.20. The van der Waals surface area contributed by atoms with Crippen LogP contribution in [-0.2, 0) is 47.9 Å². The quantitative estimate of drug-likeness (QED) is 0.0346. The highest BCUT2D eigenvalue weighted by molar-refractivity contribution is 7.98. The summed E-state index contributed by atoms with van der Waals surface area (Å²) in [5.41, 5.74) is 11.0. The molecule has 0 aromatic rings. The lowest BCUT2D eigenvalue weighted by atomic mass is 9.97. The van der Waals surface area contributed by atoms with E-state index in [0.29, 0.717) is 12.2 Å². The van der Waals surface area contributed by atoms with Crippen molar-refractivity contribution >= 4 is 71.0 Å². The number of carboxylic acids is 3. The van der Waals surface area contributed by atoms with Crippen LogP contribution in [0.1, 0.15) is 85.5 Å². The van der Waals surface area contributed by atoms with Crippen LogP contribution in [0.5, 0.6) is 0 Å². The first-order chi connectivity index (χ1) is 27.1. The summed E-state index contributed by atoms with van der Waals surface area (Å²) in [6.07, 6.45) is -0.341. The monoisotopic (exact) mass is 848 g/mol. The van der Waals surface area contributed by atoms with E-state index >= 15 is 0 Å². The van der Waals surface area contributed by atoms with Crippen LogP contribution in [0.15, 0.2) is 0 Å². The molecule has 58 heavy (non-hydrogen) atoms. The van der Waals surface area contributed by atoms with Gasteiger partial charge in [0.2, 0.25) is 41.4 Å². The van der Waals surface area contributed by atoms with Crippen LogP contribution in [0, 0.1) is 11.8 Å². The fraction of sp³-hybridized carbons (Fsp3) is 0.714. The van der Waals surface area contributed by atoms with Crippen LogP contribution in [0.4, 0.5) is 0 Å². The number of amides is 7. The molecule has 0 aliphatic carbocycles. The molecule has 8 atom stereocenters. The molecule has 0 saturated carbocycles. The lowest BCUT2D eigenvalue weighted by Gasteiger charge is -2.28. The van der Waals surface area contributed by atoms with Crippen molar-refractivity contribution in [2.45, 2.75) is 128 Å². The van der Waals surface area contributed by atoms with E-state index in [1.165, 1.54) is 11.8 Å². The number of hydrogen-bond donors (Lipinski definition) is 12. The lowest BCUT2D eigenvalue weighted by Crippen LogP contribution is -2.61. The summed E-state index contributed by atoms with van der Waals surface area (Å²) in [6.45, 7) is 5.89. The number of carbonyl (C=O) groups excluding carboxylic acids is 7. The molecule has 0 saturated heterocycles. The molecular formula is C35H60N8O14S. The van der Waals surface area contributed by atoms with E-state index in [2.05, 4.69) is 31.9 Å². The first-order valence-corrected chi connectivity index (χ1v) is 20.1. The van der Waals surface area contributed by atoms with Gasteiger partial charge >= 0.3 is 17.9 Å². The van der Waals surface area contributed by atoms with E-state index in [1.54, 1.807) is 34.0 Å². The highest BCUT2D eigenvalue weighted by atomic mass is 32.2. The predicted octanol–water partition coefficient (Wildman–Crippen LogP) is -2.86. The molecule has 22 nitrogen and oxygen atoms in total. The Kier molecular flexibility index (Phi) is 25.2. The summed E-state index contributed by atoms with van der Waals surface area (Å²) in [4.78, 5) is 125. The Hall–Kier alpha value is -5.03. The highest BCUT2D eigenvalue weighted by Crippen LogP contribution is 2.12. The average molecular weight is 849 g/mol. The zero-order valence-electron chi connectivity index (χ0n) is 33.4. The van der Waals surface area contributed by atoms with Crippen LogP contribution in [0.25, 0.3) is 0 Å². The Labute approximate surface area is 340 Å². The molecule has 0 unspecified atom stereocenters. The Morgan fingerprint density at radius 2 is 1.03 bits per heavy atom. The number of primary amides is 1. The van der Waals surface area contributed by atoms with E-state index in [9.17, 15) is 58.2 Å². The van der Waals surface area contributed by atoms with E-state index in [-0.39, 0.29) is 31.6 Å². The molecule has 0 aromatic carbocycles. The number of carboxylic acid groups (broad SMARTS) is 3. The van der Waals surface area contributed by atoms with E-state index in [4.69, 9.17) is 21.7 Å². The SMILES string of the molecule is CC[C@H](C)[C@H](NC(=O)[C@@H](N)CCC(=O)O)C(=O)N[C@@H](CO)C(=O)N[C@@H](CCSC)C(=O)N[C@@H](CC(C)C)C(=O)N[C@@H](CCC(N)=O)C(=O)N[C@@H](CCC(=O)O)C(=O)O. The van der Waals surface area contributed by atoms with E-state index in [1.807, 2.05) is 0 Å². The maximum Gasteiger partial charge on any atom is 0.326 e. The van der Waals surface area contributed by atoms with Crippen molar-refractivity contribution in [2.24, 2.45) is 23.3 Å². The molecule has 0 aliphatic rings. The van der Waals surface area contributed by atoms with Gasteiger partial charge in [-0.15, -0.1) is 0 Å². The maximum absolute atomic E-state index is 13.7. The second-order valence-corrected chi connectivity index (χ2v) is 15.1. The molecule has 14 N–H and O–H groups in total. The summed E-state index contributed by atoms with van der Waals surface area (Å²) in [6, 6.07) is -9.97. The first-order valence-electron chi connectivity index (χ1n) is 18.7. The fourth-order valence-corrected chi connectivity index (χ4v) is 5.68. The normalized spacial score (nSPS) is 15.2. The minimum Gasteiger partial charge on any atom is -0.481 e. The summed E-state index contributed by atoms with van der Waals surface area (Å²) >= 11 is 1.32. The summed E-state index contributed by atoms with van der Waals surface area (Å²) < 4.78 is 0. The number of rotatable bonds is 30. The van der Waals surface area contributed by atoms with Crippen molar-refractivity contribution in [3.63, 3.8) is 0 Å². The third-order valence-electron chi connectivity index (χ3n) is 8.77. The summed E-state index contributed by atoms with van der Waals surface area (Å²) in [7, 11) is 0. The van der Waals surface area contributed by atoms with Gasteiger partial charge in [0.25, 0.3) is 0 Å². The molecule has 0 aromatic heterocycles. The van der Waals surface area contributed by atoms with Gasteiger partial charge in [-0.1, -0.05) is 34.1 Å². The largest absolute Gasteiger partial charge is 0.481 e. The van der Waals surface area contributed by atoms with Crippen LogP contribution in [-0.4, -0.2) is 141 Å². The first kappa shape index (κ1) is 53.0. The van der Waals surface area contributed by atoms with Crippen molar-refractivity contribution in [3.8, 4) is 0 Å². The van der Waals surface area contributed by atoms with Gasteiger partial charge in [0.1, 0.15) is 36.3 Å². The van der Waals surface area contributed by atoms with Crippen LogP contribution < -0.4 is 43.4 Å². The summed E-state index contributed by atoms with van der Waals surface area (Å²) in [5, 5.41) is 51.8. The number of nitrogens with two attached hydrogens (primary N) is 2. The lowest BCUT2D eigenvalue weighted by molar-refractivity contribution is -0.143. The van der Waals surface area contributed by atoms with E-state index < -0.39 is 140 Å². The van der Waals surface area contributed by atoms with Crippen LogP contribution in [0.3, 0.4) is 0 Å². The van der Waals surface area contributed by atoms with Crippen LogP contribution >= 0.6 is 11.8 Å². The summed E-state index contributed by atoms with van der Waals surface area (Å²) in [5.74, 6) is -10.8. The second kappa shape index (κ2) is 27.6. The number of carbonyl (C=O) groups is 10. The fourth-order valence-electron chi connectivity index (χ4n) is 5.21. The number of nitrogens with one attached hydrogen (secondary N) is 6. The van der Waals surface area contributed by atoms with Gasteiger partial charge in [-0.05, 0) is 55.9 Å². The van der Waals surface area contributed by atoms with Gasteiger partial charge in [0.05, 0.1) is 12.6 Å². The topological polar surface area (TPSA) is 376 Å². The molecule has 0 fully saturated rings. The number of thioether (sulfide) groups is 1. The molecule has 0 radical (unpaired) electrons. The minimum atomic E-state index is -1.65. The Bertz CT molecular complexity index is 1450. The van der Waals surface area contributed by atoms with Crippen molar-refractivity contribution in [1.29, 1.82) is 0 Å². The predicted molar refractivity (Wildman–Crippen MR) is 208 cm³/mol. The number of hydrogen-bond acceptors (Lipinski definition) is 13. The van der Waals surface area contributed by atoms with Crippen molar-refractivity contribution < 1.29 is 68.4 Å². The molecule has 23 heteroatoms. The third-order valence-corrected chi connectivity index (χ3v) is 9.42. The van der Waals surface area contributed by atoms with Gasteiger partial charge < -0.3 is 63.8 Å².